The molecule has 2 aromatic carbocycles. The number of hydrogen-bond donors (Lipinski definition) is 2. The van der Waals surface area contributed by atoms with Crippen LogP contribution in [0.15, 0.2) is 59.1 Å². The quantitative estimate of drug-likeness (QED) is 0.412. The van der Waals surface area contributed by atoms with Gasteiger partial charge in [-0.2, -0.15) is 5.26 Å². The van der Waals surface area contributed by atoms with Gasteiger partial charge in [0.05, 0.1) is 16.5 Å². The molecule has 3 aromatic rings. The first-order valence-corrected chi connectivity index (χ1v) is 8.20. The number of aliphatic hydroxyl groups is 1. The van der Waals surface area contributed by atoms with Crippen LogP contribution in [0.3, 0.4) is 0 Å². The van der Waals surface area contributed by atoms with Crippen LogP contribution in [0.4, 0.5) is 0 Å². The molecule has 1 aliphatic rings. The third-order valence-electron chi connectivity index (χ3n) is 4.41. The summed E-state index contributed by atoms with van der Waals surface area (Å²) in [7, 11) is 0. The Morgan fingerprint density at radius 2 is 1.93 bits per heavy atom. The Bertz CT molecular complexity index is 1200. The van der Waals surface area contributed by atoms with E-state index in [1.807, 2.05) is 6.07 Å². The molecule has 7 heteroatoms. The van der Waals surface area contributed by atoms with Crippen LogP contribution in [0.25, 0.3) is 16.5 Å². The molecule has 27 heavy (non-hydrogen) atoms. The van der Waals surface area contributed by atoms with Gasteiger partial charge >= 0.3 is 5.97 Å². The van der Waals surface area contributed by atoms with Gasteiger partial charge in [0.15, 0.2) is 17.7 Å². The summed E-state index contributed by atoms with van der Waals surface area (Å²) in [6.07, 6.45) is -0.810. The van der Waals surface area contributed by atoms with E-state index in [9.17, 15) is 20.0 Å². The molecule has 1 atom stereocenters. The summed E-state index contributed by atoms with van der Waals surface area (Å²) in [5, 5.41) is 20.5. The van der Waals surface area contributed by atoms with Crippen LogP contribution >= 0.6 is 0 Å². The van der Waals surface area contributed by atoms with Crippen molar-refractivity contribution in [2.24, 2.45) is 0 Å². The Morgan fingerprint density at radius 3 is 2.74 bits per heavy atom. The zero-order chi connectivity index (χ0) is 19.0. The second-order valence-electron chi connectivity index (χ2n) is 6.06. The fourth-order valence-electron chi connectivity index (χ4n) is 3.08. The number of rotatable bonds is 2. The van der Waals surface area contributed by atoms with Crippen molar-refractivity contribution in [1.29, 1.82) is 5.26 Å². The number of para-hydroxylation sites is 1. The normalized spacial score (nSPS) is 16.9. The lowest BCUT2D eigenvalue weighted by Crippen LogP contribution is -2.30. The molecule has 132 valence electrons. The predicted molar refractivity (Wildman–Crippen MR) is 96.9 cm³/mol. The van der Waals surface area contributed by atoms with Crippen molar-refractivity contribution >= 4 is 22.4 Å². The summed E-state index contributed by atoms with van der Waals surface area (Å²) in [6.45, 7) is 0. The van der Waals surface area contributed by atoms with Gasteiger partial charge in [0.2, 0.25) is 0 Å². The van der Waals surface area contributed by atoms with Gasteiger partial charge in [-0.25, -0.2) is 9.78 Å². The van der Waals surface area contributed by atoms with Crippen LogP contribution in [0.2, 0.25) is 0 Å². The van der Waals surface area contributed by atoms with Crippen LogP contribution in [0, 0.1) is 11.3 Å². The van der Waals surface area contributed by atoms with Gasteiger partial charge in [0.1, 0.15) is 11.6 Å². The van der Waals surface area contributed by atoms with Crippen molar-refractivity contribution < 1.29 is 14.6 Å². The van der Waals surface area contributed by atoms with E-state index in [-0.39, 0.29) is 17.8 Å². The zero-order valence-corrected chi connectivity index (χ0v) is 14.0. The molecule has 1 aromatic heterocycles. The molecule has 0 fully saturated rings. The van der Waals surface area contributed by atoms with Crippen LogP contribution in [0.1, 0.15) is 21.7 Å². The molecule has 2 N–H and O–H groups in total. The van der Waals surface area contributed by atoms with Crippen LogP contribution < -0.4 is 5.56 Å². The van der Waals surface area contributed by atoms with Crippen molar-refractivity contribution in [3.63, 3.8) is 0 Å². The number of nitrogens with zero attached hydrogens (tertiary/aromatic N) is 2. The first-order chi connectivity index (χ1) is 13.1. The summed E-state index contributed by atoms with van der Waals surface area (Å²) < 4.78 is 5.28. The third kappa shape index (κ3) is 2.83. The Balaban J connectivity index is 1.80. The van der Waals surface area contributed by atoms with Crippen LogP contribution in [0.5, 0.6) is 0 Å². The Morgan fingerprint density at radius 1 is 1.19 bits per heavy atom. The maximum absolute atomic E-state index is 12.2. The molecule has 0 radical (unpaired) electrons. The molecule has 7 nitrogen and oxygen atoms in total. The minimum atomic E-state index is -1.03. The lowest BCUT2D eigenvalue weighted by atomic mass is 9.96. The molecule has 0 aliphatic carbocycles. The van der Waals surface area contributed by atoms with Crippen LogP contribution in [-0.2, 0) is 11.2 Å². The molecule has 4 rings (SSSR count). The smallest absolute Gasteiger partial charge is 0.339 e. The maximum atomic E-state index is 12.2. The van der Waals surface area contributed by atoms with E-state index in [4.69, 9.17) is 4.74 Å². The van der Waals surface area contributed by atoms with Crippen LogP contribution in [-0.4, -0.2) is 27.1 Å². The number of allylic oxidation sites excluding steroid dienone is 1. The Labute approximate surface area is 153 Å². The highest BCUT2D eigenvalue weighted by Crippen LogP contribution is 2.27. The summed E-state index contributed by atoms with van der Waals surface area (Å²) in [5.74, 6) is -1.10. The van der Waals surface area contributed by atoms with Crippen molar-refractivity contribution in [1.82, 2.24) is 9.97 Å². The van der Waals surface area contributed by atoms with Gasteiger partial charge in [-0.15, -0.1) is 0 Å². The number of aliphatic hydroxyl groups excluding tert-OH is 1. The van der Waals surface area contributed by atoms with Gasteiger partial charge in [-0.1, -0.05) is 30.3 Å². The van der Waals surface area contributed by atoms with E-state index in [1.165, 1.54) is 0 Å². The Kier molecular flexibility index (Phi) is 3.94. The number of carbonyl (C=O) groups is 1. The second kappa shape index (κ2) is 6.42. The van der Waals surface area contributed by atoms with Gasteiger partial charge in [0, 0.05) is 6.42 Å². The van der Waals surface area contributed by atoms with E-state index in [2.05, 4.69) is 9.97 Å². The number of nitrogens with one attached hydrogen (secondary N) is 1. The van der Waals surface area contributed by atoms with Gasteiger partial charge < -0.3 is 14.8 Å². The fourth-order valence-corrected chi connectivity index (χ4v) is 3.08. The maximum Gasteiger partial charge on any atom is 0.339 e. The highest BCUT2D eigenvalue weighted by atomic mass is 16.6. The number of ether oxygens (including phenoxy) is 1. The molecule has 0 amide bonds. The largest absolute Gasteiger partial charge is 0.507 e. The van der Waals surface area contributed by atoms with E-state index >= 15 is 0 Å². The lowest BCUT2D eigenvalue weighted by molar-refractivity contribution is 0.0251. The number of aromatic nitrogens is 2. The first-order valence-electron chi connectivity index (χ1n) is 8.20. The second-order valence-corrected chi connectivity index (χ2v) is 6.06. The number of H-pyrrole nitrogens is 1. The summed E-state index contributed by atoms with van der Waals surface area (Å²) in [4.78, 5) is 31.2. The predicted octanol–water partition coefficient (Wildman–Crippen LogP) is 2.50. The summed E-state index contributed by atoms with van der Waals surface area (Å²) in [6, 6.07) is 15.4. The average Bonchev–Trinajstić information content (AvgIpc) is 2.68. The van der Waals surface area contributed by atoms with Crippen molar-refractivity contribution in [3.05, 3.63) is 81.6 Å². The minimum Gasteiger partial charge on any atom is -0.507 e. The van der Waals surface area contributed by atoms with E-state index in [0.717, 1.165) is 0 Å². The highest BCUT2D eigenvalue weighted by Gasteiger charge is 2.31. The monoisotopic (exact) mass is 359 g/mol. The molecule has 2 heterocycles. The zero-order valence-electron chi connectivity index (χ0n) is 14.0. The summed E-state index contributed by atoms with van der Waals surface area (Å²) >= 11 is 0. The third-order valence-corrected chi connectivity index (χ3v) is 4.41. The lowest BCUT2D eigenvalue weighted by Gasteiger charge is -2.24. The standard InChI is InChI=1S/C20H13N3O4/c21-10-14(18-22-15-8-4-3-7-13(15)19(25)23-18)17(24)16-9-11-5-1-2-6-12(11)20(26)27-16/h1-8,16,24H,9H2,(H,22,23,25)/b17-14-. The van der Waals surface area contributed by atoms with E-state index < -0.39 is 23.4 Å². The van der Waals surface area contributed by atoms with Crippen molar-refractivity contribution in [2.45, 2.75) is 12.5 Å². The Hall–Kier alpha value is -3.92. The van der Waals surface area contributed by atoms with Crippen molar-refractivity contribution in [3.8, 4) is 6.07 Å². The highest BCUT2D eigenvalue weighted by molar-refractivity contribution is 5.92. The molecular formula is C20H13N3O4. The minimum absolute atomic E-state index is 0.0754. The fraction of sp³-hybridized carbons (Fsp3) is 0.100. The number of esters is 1. The summed E-state index contributed by atoms with van der Waals surface area (Å²) in [5.41, 5.74) is 0.861. The van der Waals surface area contributed by atoms with Gasteiger partial charge in [-0.05, 0) is 23.8 Å². The number of nitriles is 1. The van der Waals surface area contributed by atoms with E-state index in [1.54, 1.807) is 48.5 Å². The van der Waals surface area contributed by atoms with Crippen molar-refractivity contribution in [2.75, 3.05) is 0 Å². The molecule has 0 saturated carbocycles. The average molecular weight is 359 g/mol. The molecule has 0 bridgehead atoms. The molecular weight excluding hydrogens is 346 g/mol. The molecule has 1 unspecified atom stereocenters. The van der Waals surface area contributed by atoms with Gasteiger partial charge in [0.25, 0.3) is 5.56 Å². The SMILES string of the molecule is N#C/C(=C(/O)C1Cc2ccccc2C(=O)O1)c1nc2ccccc2c(=O)[nH]1. The molecule has 1 aliphatic heterocycles. The first kappa shape index (κ1) is 16.5. The number of benzene rings is 2. The molecule has 0 spiro atoms. The number of aromatic amines is 1. The molecule has 0 saturated heterocycles. The number of fused-ring (bicyclic) bond motifs is 2. The van der Waals surface area contributed by atoms with E-state index in [0.29, 0.717) is 22.0 Å². The number of cyclic esters (lactones) is 1. The number of carbonyl (C=O) groups excluding carboxylic acids is 1. The topological polar surface area (TPSA) is 116 Å². The van der Waals surface area contributed by atoms with Gasteiger partial charge in [-0.3, -0.25) is 4.79 Å². The number of hydrogen-bond acceptors (Lipinski definition) is 6.